The van der Waals surface area contributed by atoms with Gasteiger partial charge in [-0.2, -0.15) is 0 Å². The second kappa shape index (κ2) is 6.99. The zero-order valence-electron chi connectivity index (χ0n) is 10.5. The fourth-order valence-corrected chi connectivity index (χ4v) is 2.00. The first-order chi connectivity index (χ1) is 8.92. The van der Waals surface area contributed by atoms with Gasteiger partial charge in [0.05, 0.1) is 12.3 Å². The number of benzene rings is 1. The summed E-state index contributed by atoms with van der Waals surface area (Å²) in [6, 6.07) is 14.4. The molecule has 3 nitrogen and oxygen atoms in total. The summed E-state index contributed by atoms with van der Waals surface area (Å²) in [4.78, 5) is 0. The lowest BCUT2D eigenvalue weighted by Crippen LogP contribution is -2.23. The first kappa shape index (κ1) is 12.9. The van der Waals surface area contributed by atoms with E-state index in [2.05, 4.69) is 17.4 Å². The minimum Gasteiger partial charge on any atom is -0.467 e. The van der Waals surface area contributed by atoms with Crippen molar-refractivity contribution in [3.63, 3.8) is 0 Å². The molecule has 0 fully saturated rings. The average molecular weight is 244 g/mol. The van der Waals surface area contributed by atoms with Gasteiger partial charge in [0.2, 0.25) is 0 Å². The molecule has 1 aromatic heterocycles. The maximum atomic E-state index is 5.52. The smallest absolute Gasteiger partial charge is 0.125 e. The van der Waals surface area contributed by atoms with E-state index in [-0.39, 0.29) is 6.04 Å². The Kier molecular flexibility index (Phi) is 5.00. The first-order valence-electron chi connectivity index (χ1n) is 6.43. The molecule has 0 saturated heterocycles. The van der Waals surface area contributed by atoms with Crippen molar-refractivity contribution in [3.05, 3.63) is 60.1 Å². The summed E-state index contributed by atoms with van der Waals surface area (Å²) in [7, 11) is 0. The van der Waals surface area contributed by atoms with Gasteiger partial charge in [0.1, 0.15) is 5.76 Å². The van der Waals surface area contributed by atoms with Crippen molar-refractivity contribution in [3.8, 4) is 0 Å². The minimum absolute atomic E-state index is 0.124. The zero-order valence-corrected chi connectivity index (χ0v) is 10.5. The Bertz CT molecular complexity index is 425. The third-order valence-corrected chi connectivity index (χ3v) is 2.94. The quantitative estimate of drug-likeness (QED) is 0.736. The molecule has 3 heteroatoms. The lowest BCUT2D eigenvalue weighted by atomic mass is 10.0. The van der Waals surface area contributed by atoms with Crippen LogP contribution in [0.15, 0.2) is 53.1 Å². The zero-order chi connectivity index (χ0) is 12.6. The van der Waals surface area contributed by atoms with Gasteiger partial charge in [-0.25, -0.2) is 0 Å². The monoisotopic (exact) mass is 244 g/mol. The molecule has 1 aromatic carbocycles. The van der Waals surface area contributed by atoms with E-state index in [1.54, 1.807) is 6.26 Å². The van der Waals surface area contributed by atoms with E-state index in [0.29, 0.717) is 0 Å². The van der Waals surface area contributed by atoms with Gasteiger partial charge in [-0.15, -0.1) is 0 Å². The Morgan fingerprint density at radius 3 is 2.56 bits per heavy atom. The van der Waals surface area contributed by atoms with Gasteiger partial charge < -0.3 is 15.5 Å². The summed E-state index contributed by atoms with van der Waals surface area (Å²) < 4.78 is 5.52. The van der Waals surface area contributed by atoms with Crippen molar-refractivity contribution < 1.29 is 4.42 Å². The van der Waals surface area contributed by atoms with Crippen LogP contribution in [-0.2, 0) is 0 Å². The van der Waals surface area contributed by atoms with Gasteiger partial charge in [-0.3, -0.25) is 0 Å². The van der Waals surface area contributed by atoms with Crippen LogP contribution in [0.5, 0.6) is 0 Å². The average Bonchev–Trinajstić information content (AvgIpc) is 2.94. The summed E-state index contributed by atoms with van der Waals surface area (Å²) in [5, 5.41) is 3.52. The number of nitrogens with one attached hydrogen (secondary N) is 1. The third-order valence-electron chi connectivity index (χ3n) is 2.94. The molecule has 96 valence electrons. The molecule has 1 unspecified atom stereocenters. The lowest BCUT2D eigenvalue weighted by molar-refractivity contribution is 0.443. The summed E-state index contributed by atoms with van der Waals surface area (Å²) in [6.45, 7) is 1.69. The van der Waals surface area contributed by atoms with Gasteiger partial charge in [-0.05, 0) is 43.6 Å². The van der Waals surface area contributed by atoms with E-state index in [4.69, 9.17) is 10.2 Å². The van der Waals surface area contributed by atoms with Crippen LogP contribution < -0.4 is 11.1 Å². The topological polar surface area (TPSA) is 51.2 Å². The molecule has 1 heterocycles. The molecule has 2 rings (SSSR count). The number of nitrogens with two attached hydrogens (primary N) is 1. The molecule has 0 amide bonds. The van der Waals surface area contributed by atoms with E-state index in [1.165, 1.54) is 5.56 Å². The van der Waals surface area contributed by atoms with Crippen molar-refractivity contribution in [1.29, 1.82) is 0 Å². The van der Waals surface area contributed by atoms with E-state index in [1.807, 2.05) is 30.3 Å². The normalized spacial score (nSPS) is 12.5. The van der Waals surface area contributed by atoms with Crippen LogP contribution in [0.4, 0.5) is 0 Å². The van der Waals surface area contributed by atoms with E-state index in [0.717, 1.165) is 31.7 Å². The molecular weight excluding hydrogens is 224 g/mol. The predicted octanol–water partition coefficient (Wildman–Crippen LogP) is 2.70. The summed E-state index contributed by atoms with van der Waals surface area (Å²) in [6.07, 6.45) is 3.85. The molecule has 0 aliphatic heterocycles. The van der Waals surface area contributed by atoms with Gasteiger partial charge in [0, 0.05) is 0 Å². The molecule has 0 spiro atoms. The molecule has 3 N–H and O–H groups in total. The number of furan rings is 1. The van der Waals surface area contributed by atoms with Crippen LogP contribution in [0.25, 0.3) is 0 Å². The van der Waals surface area contributed by atoms with Gasteiger partial charge in [0.25, 0.3) is 0 Å². The SMILES string of the molecule is NCCCCNC(c1ccccc1)c1ccco1. The van der Waals surface area contributed by atoms with Crippen LogP contribution in [0, 0.1) is 0 Å². The molecule has 0 bridgehead atoms. The summed E-state index contributed by atoms with van der Waals surface area (Å²) in [5.41, 5.74) is 6.73. The summed E-state index contributed by atoms with van der Waals surface area (Å²) >= 11 is 0. The second-order valence-corrected chi connectivity index (χ2v) is 4.31. The maximum absolute atomic E-state index is 5.52. The second-order valence-electron chi connectivity index (χ2n) is 4.31. The molecular formula is C15H20N2O. The van der Waals surface area contributed by atoms with E-state index < -0.39 is 0 Å². The molecule has 1 atom stereocenters. The molecule has 2 aromatic rings. The number of rotatable bonds is 7. The predicted molar refractivity (Wildman–Crippen MR) is 73.3 cm³/mol. The Labute approximate surface area is 108 Å². The number of hydrogen-bond acceptors (Lipinski definition) is 3. The highest BCUT2D eigenvalue weighted by Crippen LogP contribution is 2.22. The van der Waals surface area contributed by atoms with Crippen LogP contribution in [0.3, 0.4) is 0 Å². The first-order valence-corrected chi connectivity index (χ1v) is 6.43. The van der Waals surface area contributed by atoms with Gasteiger partial charge in [-0.1, -0.05) is 30.3 Å². The van der Waals surface area contributed by atoms with Crippen LogP contribution in [-0.4, -0.2) is 13.1 Å². The van der Waals surface area contributed by atoms with E-state index >= 15 is 0 Å². The van der Waals surface area contributed by atoms with Crippen molar-refractivity contribution in [2.24, 2.45) is 5.73 Å². The van der Waals surface area contributed by atoms with Crippen LogP contribution in [0.2, 0.25) is 0 Å². The highest BCUT2D eigenvalue weighted by atomic mass is 16.3. The summed E-state index contributed by atoms with van der Waals surface area (Å²) in [5.74, 6) is 0.953. The third kappa shape index (κ3) is 3.45. The van der Waals surface area contributed by atoms with Gasteiger partial charge in [0.15, 0.2) is 0 Å². The highest BCUT2D eigenvalue weighted by molar-refractivity contribution is 5.26. The van der Waals surface area contributed by atoms with Crippen molar-refractivity contribution in [1.82, 2.24) is 5.32 Å². The van der Waals surface area contributed by atoms with Crippen molar-refractivity contribution in [2.75, 3.05) is 13.1 Å². The molecule has 18 heavy (non-hydrogen) atoms. The maximum Gasteiger partial charge on any atom is 0.125 e. The van der Waals surface area contributed by atoms with Crippen molar-refractivity contribution in [2.45, 2.75) is 18.9 Å². The van der Waals surface area contributed by atoms with Crippen molar-refractivity contribution >= 4 is 0 Å². The Morgan fingerprint density at radius 1 is 1.06 bits per heavy atom. The highest BCUT2D eigenvalue weighted by Gasteiger charge is 2.15. The van der Waals surface area contributed by atoms with Crippen LogP contribution >= 0.6 is 0 Å². The molecule has 0 radical (unpaired) electrons. The molecule has 0 aliphatic carbocycles. The fourth-order valence-electron chi connectivity index (χ4n) is 2.00. The van der Waals surface area contributed by atoms with Gasteiger partial charge >= 0.3 is 0 Å². The molecule has 0 aliphatic rings. The minimum atomic E-state index is 0.124. The standard InChI is InChI=1S/C15H20N2O/c16-10-4-5-11-17-15(14-9-6-12-18-14)13-7-2-1-3-8-13/h1-3,6-9,12,15,17H,4-5,10-11,16H2. The lowest BCUT2D eigenvalue weighted by Gasteiger charge is -2.17. The van der Waals surface area contributed by atoms with E-state index in [9.17, 15) is 0 Å². The Balaban J connectivity index is 2.05. The Morgan fingerprint density at radius 2 is 1.89 bits per heavy atom. The molecule has 0 saturated carbocycles. The Hall–Kier alpha value is -1.58. The number of unbranched alkanes of at least 4 members (excludes halogenated alkanes) is 1. The van der Waals surface area contributed by atoms with Crippen LogP contribution in [0.1, 0.15) is 30.2 Å². The number of hydrogen-bond donors (Lipinski definition) is 2. The largest absolute Gasteiger partial charge is 0.467 e. The fraction of sp³-hybridized carbons (Fsp3) is 0.333.